The monoisotopic (exact) mass is 463 g/mol. The fourth-order valence-corrected chi connectivity index (χ4v) is 3.57. The predicted molar refractivity (Wildman–Crippen MR) is 131 cm³/mol. The molecular formula is C28H30FNO4. The van der Waals surface area contributed by atoms with Crippen molar-refractivity contribution >= 4 is 22.6 Å². The Morgan fingerprint density at radius 2 is 1.74 bits per heavy atom. The van der Waals surface area contributed by atoms with Crippen LogP contribution in [0.4, 0.5) is 4.39 Å². The van der Waals surface area contributed by atoms with E-state index in [4.69, 9.17) is 4.74 Å². The van der Waals surface area contributed by atoms with E-state index in [0.29, 0.717) is 43.6 Å². The molecule has 0 bridgehead atoms. The molecule has 0 aliphatic carbocycles. The molecule has 0 unspecified atom stereocenters. The van der Waals surface area contributed by atoms with Crippen LogP contribution in [0, 0.1) is 5.82 Å². The molecule has 0 saturated carbocycles. The van der Waals surface area contributed by atoms with E-state index in [1.807, 2.05) is 48.5 Å². The van der Waals surface area contributed by atoms with Crippen LogP contribution in [-0.2, 0) is 20.7 Å². The van der Waals surface area contributed by atoms with Gasteiger partial charge in [0.05, 0.1) is 12.7 Å². The molecule has 0 aliphatic rings. The fraction of sp³-hybridized carbons (Fsp3) is 0.286. The summed E-state index contributed by atoms with van der Waals surface area (Å²) in [6, 6.07) is 20.0. The second kappa shape index (κ2) is 13.1. The van der Waals surface area contributed by atoms with Crippen molar-refractivity contribution in [3.05, 3.63) is 89.8 Å². The number of methoxy groups -OCH3 is 1. The standard InChI is InChI=1S/C28H30FNO4/c1-33-27(31)13-4-2-3-9-23(28(32)30-19-18-21-14-16-24(29)17-15-21)20-34-26-12-7-10-22-8-5-6-11-25(22)26/h5-12,14-17H,2-4,13,18-20H2,1H3,(H,30,32). The predicted octanol–water partition coefficient (Wildman–Crippen LogP) is 5.38. The lowest BCUT2D eigenvalue weighted by Crippen LogP contribution is -2.29. The summed E-state index contributed by atoms with van der Waals surface area (Å²) in [6.07, 6.45) is 4.92. The van der Waals surface area contributed by atoms with Gasteiger partial charge in [-0.25, -0.2) is 4.39 Å². The average Bonchev–Trinajstić information content (AvgIpc) is 2.86. The Labute approximate surface area is 199 Å². The normalized spacial score (nSPS) is 11.3. The molecule has 3 aromatic carbocycles. The molecule has 0 spiro atoms. The summed E-state index contributed by atoms with van der Waals surface area (Å²) >= 11 is 0. The minimum absolute atomic E-state index is 0.132. The van der Waals surface area contributed by atoms with Gasteiger partial charge in [-0.15, -0.1) is 0 Å². The largest absolute Gasteiger partial charge is 0.488 e. The molecule has 5 nitrogen and oxygen atoms in total. The van der Waals surface area contributed by atoms with Crippen molar-refractivity contribution in [1.82, 2.24) is 5.32 Å². The van der Waals surface area contributed by atoms with Crippen LogP contribution in [0.1, 0.15) is 31.2 Å². The smallest absolute Gasteiger partial charge is 0.305 e. The van der Waals surface area contributed by atoms with E-state index < -0.39 is 0 Å². The van der Waals surface area contributed by atoms with E-state index in [9.17, 15) is 14.0 Å². The Bertz CT molecular complexity index is 1120. The lowest BCUT2D eigenvalue weighted by atomic mass is 10.1. The SMILES string of the molecule is COC(=O)CCCCC=C(COc1cccc2ccccc12)C(=O)NCCc1ccc(F)cc1. The summed E-state index contributed by atoms with van der Waals surface area (Å²) < 4.78 is 23.8. The number of amides is 1. The van der Waals surface area contributed by atoms with Gasteiger partial charge in [-0.3, -0.25) is 9.59 Å². The first-order valence-corrected chi connectivity index (χ1v) is 11.5. The number of benzene rings is 3. The number of unbranched alkanes of at least 4 members (excludes halogenated alkanes) is 2. The quantitative estimate of drug-likeness (QED) is 0.223. The van der Waals surface area contributed by atoms with Gasteiger partial charge in [0.25, 0.3) is 0 Å². The maximum absolute atomic E-state index is 13.1. The molecule has 3 rings (SSSR count). The number of hydrogen-bond acceptors (Lipinski definition) is 4. The van der Waals surface area contributed by atoms with Gasteiger partial charge in [0.1, 0.15) is 18.2 Å². The minimum Gasteiger partial charge on any atom is -0.488 e. The van der Waals surface area contributed by atoms with Crippen molar-refractivity contribution in [3.8, 4) is 5.75 Å². The number of allylic oxidation sites excluding steroid dienone is 1. The van der Waals surface area contributed by atoms with Gasteiger partial charge in [0, 0.05) is 18.4 Å². The Kier molecular flexibility index (Phi) is 9.65. The summed E-state index contributed by atoms with van der Waals surface area (Å²) in [6.45, 7) is 0.561. The van der Waals surface area contributed by atoms with Crippen LogP contribution in [0.2, 0.25) is 0 Å². The Hall–Kier alpha value is -3.67. The number of nitrogens with one attached hydrogen (secondary N) is 1. The van der Waals surface area contributed by atoms with Crippen LogP contribution in [0.25, 0.3) is 10.8 Å². The summed E-state index contributed by atoms with van der Waals surface area (Å²) in [5.74, 6) is 0.00179. The van der Waals surface area contributed by atoms with Crippen molar-refractivity contribution in [2.24, 2.45) is 0 Å². The molecule has 3 aromatic rings. The lowest BCUT2D eigenvalue weighted by molar-refractivity contribution is -0.140. The van der Waals surface area contributed by atoms with Gasteiger partial charge in [0.2, 0.25) is 5.91 Å². The molecule has 0 heterocycles. The van der Waals surface area contributed by atoms with E-state index in [1.54, 1.807) is 12.1 Å². The number of ether oxygens (including phenoxy) is 2. The number of fused-ring (bicyclic) bond motifs is 1. The summed E-state index contributed by atoms with van der Waals surface area (Å²) in [4.78, 5) is 24.2. The first-order valence-electron chi connectivity index (χ1n) is 11.5. The number of halogens is 1. The van der Waals surface area contributed by atoms with Crippen molar-refractivity contribution in [2.75, 3.05) is 20.3 Å². The number of rotatable bonds is 12. The van der Waals surface area contributed by atoms with Crippen LogP contribution < -0.4 is 10.1 Å². The van der Waals surface area contributed by atoms with Gasteiger partial charge in [-0.05, 0) is 54.8 Å². The third kappa shape index (κ3) is 7.73. The van der Waals surface area contributed by atoms with Crippen molar-refractivity contribution in [3.63, 3.8) is 0 Å². The van der Waals surface area contributed by atoms with Crippen LogP contribution in [0.3, 0.4) is 0 Å². The molecule has 34 heavy (non-hydrogen) atoms. The van der Waals surface area contributed by atoms with Gasteiger partial charge in [-0.2, -0.15) is 0 Å². The summed E-state index contributed by atoms with van der Waals surface area (Å²) in [5.41, 5.74) is 1.48. The number of esters is 1. The Morgan fingerprint density at radius 1 is 0.971 bits per heavy atom. The van der Waals surface area contributed by atoms with Crippen LogP contribution >= 0.6 is 0 Å². The summed E-state index contributed by atoms with van der Waals surface area (Å²) in [5, 5.41) is 4.98. The third-order valence-electron chi connectivity index (χ3n) is 5.49. The molecule has 178 valence electrons. The molecule has 0 fully saturated rings. The van der Waals surface area contributed by atoms with E-state index in [-0.39, 0.29) is 24.3 Å². The zero-order valence-electron chi connectivity index (χ0n) is 19.4. The van der Waals surface area contributed by atoms with E-state index in [0.717, 1.165) is 22.8 Å². The molecule has 1 amide bonds. The molecule has 0 atom stereocenters. The first-order chi connectivity index (χ1) is 16.6. The van der Waals surface area contributed by atoms with E-state index >= 15 is 0 Å². The highest BCUT2D eigenvalue weighted by atomic mass is 19.1. The molecule has 0 saturated heterocycles. The fourth-order valence-electron chi connectivity index (χ4n) is 3.57. The highest BCUT2D eigenvalue weighted by Gasteiger charge is 2.11. The van der Waals surface area contributed by atoms with Gasteiger partial charge >= 0.3 is 5.97 Å². The maximum atomic E-state index is 13.1. The highest BCUT2D eigenvalue weighted by molar-refractivity contribution is 5.94. The molecule has 6 heteroatoms. The first kappa shape index (κ1) is 25.0. The maximum Gasteiger partial charge on any atom is 0.305 e. The van der Waals surface area contributed by atoms with Crippen molar-refractivity contribution in [2.45, 2.75) is 32.1 Å². The van der Waals surface area contributed by atoms with Crippen molar-refractivity contribution in [1.29, 1.82) is 0 Å². The second-order valence-corrected chi connectivity index (χ2v) is 7.95. The average molecular weight is 464 g/mol. The Morgan fingerprint density at radius 3 is 2.53 bits per heavy atom. The topological polar surface area (TPSA) is 64.6 Å². The van der Waals surface area contributed by atoms with Gasteiger partial charge in [0.15, 0.2) is 0 Å². The third-order valence-corrected chi connectivity index (χ3v) is 5.49. The molecule has 1 N–H and O–H groups in total. The van der Waals surface area contributed by atoms with Gasteiger partial charge < -0.3 is 14.8 Å². The number of carbonyl (C=O) groups excluding carboxylic acids is 2. The minimum atomic E-state index is -0.282. The zero-order valence-corrected chi connectivity index (χ0v) is 19.4. The number of carbonyl (C=O) groups is 2. The van der Waals surface area contributed by atoms with Crippen molar-refractivity contribution < 1.29 is 23.5 Å². The van der Waals surface area contributed by atoms with Gasteiger partial charge in [-0.1, -0.05) is 54.6 Å². The molecule has 0 radical (unpaired) electrons. The van der Waals surface area contributed by atoms with Crippen LogP contribution in [0.5, 0.6) is 5.75 Å². The molecule has 0 aromatic heterocycles. The second-order valence-electron chi connectivity index (χ2n) is 7.95. The lowest BCUT2D eigenvalue weighted by Gasteiger charge is -2.13. The van der Waals surface area contributed by atoms with Crippen LogP contribution in [0.15, 0.2) is 78.4 Å². The highest BCUT2D eigenvalue weighted by Crippen LogP contribution is 2.25. The van der Waals surface area contributed by atoms with E-state index in [1.165, 1.54) is 19.2 Å². The summed E-state index contributed by atoms with van der Waals surface area (Å²) in [7, 11) is 1.38. The number of hydrogen-bond donors (Lipinski definition) is 1. The molecular weight excluding hydrogens is 433 g/mol. The van der Waals surface area contributed by atoms with E-state index in [2.05, 4.69) is 10.1 Å². The molecule has 0 aliphatic heterocycles. The van der Waals surface area contributed by atoms with Crippen LogP contribution in [-0.4, -0.2) is 32.1 Å². The Balaban J connectivity index is 1.61. The zero-order chi connectivity index (χ0) is 24.2.